The molecule has 0 bridgehead atoms. The van der Waals surface area contributed by atoms with E-state index in [-0.39, 0.29) is 11.3 Å². The molecule has 104 valence electrons. The van der Waals surface area contributed by atoms with E-state index < -0.39 is 5.97 Å². The van der Waals surface area contributed by atoms with Crippen LogP contribution in [0.4, 0.5) is 5.69 Å². The summed E-state index contributed by atoms with van der Waals surface area (Å²) in [5.74, 6) is 0.715. The number of benzene rings is 2. The smallest absolute Gasteiger partial charge is 0.337 e. The van der Waals surface area contributed by atoms with Crippen molar-refractivity contribution >= 4 is 11.7 Å². The number of rotatable bonds is 5. The van der Waals surface area contributed by atoms with Gasteiger partial charge in [0.2, 0.25) is 0 Å². The standard InChI is InChI=1S/C15H15NO4/c1-2-19-10-4-3-5-11(8-10)20-12-6-7-13(15(17)18)14(16)9-12/h3-9H,2,16H2,1H3,(H,17,18). The van der Waals surface area contributed by atoms with Crippen LogP contribution in [0.5, 0.6) is 17.2 Å². The number of hydrogen-bond acceptors (Lipinski definition) is 4. The Morgan fingerprint density at radius 1 is 1.15 bits per heavy atom. The van der Waals surface area contributed by atoms with E-state index in [0.29, 0.717) is 23.9 Å². The van der Waals surface area contributed by atoms with Gasteiger partial charge in [-0.2, -0.15) is 0 Å². The maximum Gasteiger partial charge on any atom is 0.337 e. The van der Waals surface area contributed by atoms with E-state index in [1.807, 2.05) is 19.1 Å². The molecule has 0 aliphatic heterocycles. The van der Waals surface area contributed by atoms with Crippen molar-refractivity contribution in [2.75, 3.05) is 12.3 Å². The summed E-state index contributed by atoms with van der Waals surface area (Å²) in [6, 6.07) is 11.6. The molecule has 0 saturated carbocycles. The minimum Gasteiger partial charge on any atom is -0.494 e. The van der Waals surface area contributed by atoms with Crippen LogP contribution in [-0.4, -0.2) is 17.7 Å². The molecule has 0 fully saturated rings. The molecule has 20 heavy (non-hydrogen) atoms. The predicted octanol–water partition coefficient (Wildman–Crippen LogP) is 3.16. The van der Waals surface area contributed by atoms with Crippen molar-refractivity contribution in [3.8, 4) is 17.2 Å². The maximum atomic E-state index is 10.9. The van der Waals surface area contributed by atoms with Gasteiger partial charge in [0.05, 0.1) is 12.2 Å². The number of carboxylic acid groups (broad SMARTS) is 1. The highest BCUT2D eigenvalue weighted by Crippen LogP contribution is 2.27. The highest BCUT2D eigenvalue weighted by atomic mass is 16.5. The van der Waals surface area contributed by atoms with Gasteiger partial charge in [0.25, 0.3) is 0 Å². The Labute approximate surface area is 116 Å². The van der Waals surface area contributed by atoms with Gasteiger partial charge >= 0.3 is 5.97 Å². The lowest BCUT2D eigenvalue weighted by Gasteiger charge is -2.09. The summed E-state index contributed by atoms with van der Waals surface area (Å²) in [4.78, 5) is 10.9. The number of carbonyl (C=O) groups is 1. The molecule has 0 aromatic heterocycles. The van der Waals surface area contributed by atoms with Crippen molar-refractivity contribution in [2.45, 2.75) is 6.92 Å². The average molecular weight is 273 g/mol. The van der Waals surface area contributed by atoms with Crippen LogP contribution in [0.3, 0.4) is 0 Å². The number of nitrogens with two attached hydrogens (primary N) is 1. The number of aromatic carboxylic acids is 1. The molecule has 0 unspecified atom stereocenters. The monoisotopic (exact) mass is 273 g/mol. The second kappa shape index (κ2) is 5.97. The molecule has 0 atom stereocenters. The lowest BCUT2D eigenvalue weighted by atomic mass is 10.2. The van der Waals surface area contributed by atoms with Crippen LogP contribution in [0.25, 0.3) is 0 Å². The second-order valence-electron chi connectivity index (χ2n) is 4.06. The molecule has 0 aliphatic rings. The average Bonchev–Trinajstić information content (AvgIpc) is 2.39. The minimum atomic E-state index is -1.06. The van der Waals surface area contributed by atoms with Crippen molar-refractivity contribution in [3.05, 3.63) is 48.0 Å². The summed E-state index contributed by atoms with van der Waals surface area (Å²) in [7, 11) is 0. The highest BCUT2D eigenvalue weighted by molar-refractivity contribution is 5.93. The van der Waals surface area contributed by atoms with Crippen molar-refractivity contribution < 1.29 is 19.4 Å². The molecule has 0 amide bonds. The predicted molar refractivity (Wildman–Crippen MR) is 75.5 cm³/mol. The second-order valence-corrected chi connectivity index (χ2v) is 4.06. The minimum absolute atomic E-state index is 0.0559. The largest absolute Gasteiger partial charge is 0.494 e. The molecule has 0 heterocycles. The zero-order chi connectivity index (χ0) is 14.5. The summed E-state index contributed by atoms with van der Waals surface area (Å²) in [5, 5.41) is 8.90. The van der Waals surface area contributed by atoms with Crippen LogP contribution >= 0.6 is 0 Å². The molecule has 0 spiro atoms. The van der Waals surface area contributed by atoms with Gasteiger partial charge in [-0.1, -0.05) is 6.07 Å². The molecular weight excluding hydrogens is 258 g/mol. The van der Waals surface area contributed by atoms with E-state index in [2.05, 4.69) is 0 Å². The summed E-state index contributed by atoms with van der Waals surface area (Å²) in [6.07, 6.45) is 0. The number of hydrogen-bond donors (Lipinski definition) is 2. The van der Waals surface area contributed by atoms with Crippen LogP contribution in [0, 0.1) is 0 Å². The van der Waals surface area contributed by atoms with E-state index in [9.17, 15) is 4.79 Å². The third kappa shape index (κ3) is 3.20. The fraction of sp³-hybridized carbons (Fsp3) is 0.133. The van der Waals surface area contributed by atoms with E-state index in [1.54, 1.807) is 18.2 Å². The Morgan fingerprint density at radius 3 is 2.50 bits per heavy atom. The van der Waals surface area contributed by atoms with Crippen LogP contribution in [0.15, 0.2) is 42.5 Å². The molecule has 3 N–H and O–H groups in total. The molecule has 2 aromatic rings. The highest BCUT2D eigenvalue weighted by Gasteiger charge is 2.09. The fourth-order valence-corrected chi connectivity index (χ4v) is 1.73. The molecule has 0 saturated heterocycles. The molecule has 5 nitrogen and oxygen atoms in total. The van der Waals surface area contributed by atoms with E-state index in [4.69, 9.17) is 20.3 Å². The van der Waals surface area contributed by atoms with Gasteiger partial charge in [-0.05, 0) is 31.2 Å². The molecule has 0 radical (unpaired) electrons. The Balaban J connectivity index is 2.19. The first kappa shape index (κ1) is 13.7. The van der Waals surface area contributed by atoms with E-state index in [1.165, 1.54) is 12.1 Å². The topological polar surface area (TPSA) is 81.8 Å². The molecule has 5 heteroatoms. The van der Waals surface area contributed by atoms with Crippen molar-refractivity contribution in [1.29, 1.82) is 0 Å². The van der Waals surface area contributed by atoms with Crippen molar-refractivity contribution in [2.24, 2.45) is 0 Å². The quantitative estimate of drug-likeness (QED) is 0.818. The normalized spacial score (nSPS) is 10.1. The number of nitrogen functional groups attached to an aromatic ring is 1. The Morgan fingerprint density at radius 2 is 1.85 bits per heavy atom. The Kier molecular flexibility index (Phi) is 4.10. The Bertz CT molecular complexity index is 625. The van der Waals surface area contributed by atoms with Gasteiger partial charge in [0.15, 0.2) is 0 Å². The van der Waals surface area contributed by atoms with Gasteiger partial charge in [-0.25, -0.2) is 4.79 Å². The van der Waals surface area contributed by atoms with Crippen molar-refractivity contribution in [3.63, 3.8) is 0 Å². The molecule has 0 aliphatic carbocycles. The Hall–Kier alpha value is -2.69. The lowest BCUT2D eigenvalue weighted by Crippen LogP contribution is -2.02. The van der Waals surface area contributed by atoms with Gasteiger partial charge in [-0.15, -0.1) is 0 Å². The SMILES string of the molecule is CCOc1cccc(Oc2ccc(C(=O)O)c(N)c2)c1. The van der Waals surface area contributed by atoms with Gasteiger partial charge < -0.3 is 20.3 Å². The summed E-state index contributed by atoms with van der Waals surface area (Å²) in [6.45, 7) is 2.47. The van der Waals surface area contributed by atoms with Crippen LogP contribution in [0.2, 0.25) is 0 Å². The summed E-state index contributed by atoms with van der Waals surface area (Å²) < 4.78 is 11.0. The number of carboxylic acids is 1. The molecular formula is C15H15NO4. The summed E-state index contributed by atoms with van der Waals surface area (Å²) in [5.41, 5.74) is 5.89. The lowest BCUT2D eigenvalue weighted by molar-refractivity contribution is 0.0698. The first-order valence-electron chi connectivity index (χ1n) is 6.13. The van der Waals surface area contributed by atoms with Gasteiger partial charge in [-0.3, -0.25) is 0 Å². The van der Waals surface area contributed by atoms with Crippen LogP contribution in [-0.2, 0) is 0 Å². The molecule has 2 rings (SSSR count). The van der Waals surface area contributed by atoms with E-state index >= 15 is 0 Å². The molecule has 2 aromatic carbocycles. The fourth-order valence-electron chi connectivity index (χ4n) is 1.73. The summed E-state index contributed by atoms with van der Waals surface area (Å²) >= 11 is 0. The zero-order valence-electron chi connectivity index (χ0n) is 11.0. The van der Waals surface area contributed by atoms with E-state index in [0.717, 1.165) is 0 Å². The first-order chi connectivity index (χ1) is 9.60. The third-order valence-corrected chi connectivity index (χ3v) is 2.61. The third-order valence-electron chi connectivity index (χ3n) is 2.61. The van der Waals surface area contributed by atoms with Crippen LogP contribution < -0.4 is 15.2 Å². The van der Waals surface area contributed by atoms with Crippen molar-refractivity contribution in [1.82, 2.24) is 0 Å². The number of anilines is 1. The van der Waals surface area contributed by atoms with Crippen LogP contribution in [0.1, 0.15) is 17.3 Å². The zero-order valence-corrected chi connectivity index (χ0v) is 11.0. The number of ether oxygens (including phenoxy) is 2. The van der Waals surface area contributed by atoms with Gasteiger partial charge in [0, 0.05) is 17.8 Å². The first-order valence-corrected chi connectivity index (χ1v) is 6.13. The van der Waals surface area contributed by atoms with Gasteiger partial charge in [0.1, 0.15) is 17.2 Å². The maximum absolute atomic E-state index is 10.9.